The molecule has 2 aromatic heterocycles. The first-order valence-electron chi connectivity index (χ1n) is 5.19. The molecule has 0 aliphatic carbocycles. The third-order valence-corrected chi connectivity index (χ3v) is 3.63. The zero-order valence-corrected chi connectivity index (χ0v) is 9.92. The van der Waals surface area contributed by atoms with E-state index >= 15 is 0 Å². The smallest absolute Gasteiger partial charge is 0.261 e. The lowest BCUT2D eigenvalue weighted by atomic mass is 10.2. The van der Waals surface area contributed by atoms with E-state index in [0.29, 0.717) is 10.2 Å². The summed E-state index contributed by atoms with van der Waals surface area (Å²) in [6, 6.07) is 7.82. The minimum Gasteiger partial charge on any atom is -0.369 e. The minimum absolute atomic E-state index is 0.0972. The molecule has 3 N–H and O–H groups in total. The van der Waals surface area contributed by atoms with Gasteiger partial charge in [-0.3, -0.25) is 9.78 Å². The lowest BCUT2D eigenvalue weighted by Crippen LogP contribution is -2.09. The molecule has 0 amide bonds. The quantitative estimate of drug-likeness (QED) is 0.706. The van der Waals surface area contributed by atoms with E-state index in [1.807, 2.05) is 0 Å². The third-order valence-electron chi connectivity index (χ3n) is 2.55. The number of fused-ring (bicyclic) bond motifs is 1. The summed E-state index contributed by atoms with van der Waals surface area (Å²) < 4.78 is 12.8. The number of hydrogen-bond acceptors (Lipinski definition) is 4. The van der Waals surface area contributed by atoms with Crippen molar-refractivity contribution in [2.24, 2.45) is 0 Å². The van der Waals surface area contributed by atoms with E-state index in [-0.39, 0.29) is 17.3 Å². The highest BCUT2D eigenvalue weighted by Gasteiger charge is 2.09. The van der Waals surface area contributed by atoms with Crippen molar-refractivity contribution >= 4 is 27.5 Å². The Morgan fingerprint density at radius 2 is 2.00 bits per heavy atom. The second-order valence-electron chi connectivity index (χ2n) is 3.79. The van der Waals surface area contributed by atoms with E-state index in [2.05, 4.69) is 9.97 Å². The summed E-state index contributed by atoms with van der Waals surface area (Å²) >= 11 is 1.35. The molecular weight excluding hydrogens is 253 g/mol. The molecule has 0 radical (unpaired) electrons. The standard InChI is InChI=1S/C12H8FN3OS/c13-7-3-1-6(2-4-7)9-5-8-10(17)15-12(14)16-11(8)18-9/h1-5H,(H3,14,15,16,17). The molecule has 1 aromatic carbocycles. The molecule has 0 bridgehead atoms. The van der Waals surface area contributed by atoms with Gasteiger partial charge in [0.2, 0.25) is 5.95 Å². The first kappa shape index (κ1) is 10.9. The van der Waals surface area contributed by atoms with Gasteiger partial charge in [-0.1, -0.05) is 12.1 Å². The summed E-state index contributed by atoms with van der Waals surface area (Å²) in [6.45, 7) is 0. The normalized spacial score (nSPS) is 10.9. The Balaban J connectivity index is 2.22. The zero-order valence-electron chi connectivity index (χ0n) is 9.11. The predicted molar refractivity (Wildman–Crippen MR) is 70.0 cm³/mol. The Kier molecular flexibility index (Phi) is 2.38. The number of nitrogen functional groups attached to an aromatic ring is 1. The van der Waals surface area contributed by atoms with Gasteiger partial charge in [-0.05, 0) is 23.8 Å². The van der Waals surface area contributed by atoms with Crippen LogP contribution in [0.4, 0.5) is 10.3 Å². The summed E-state index contributed by atoms with van der Waals surface area (Å²) in [5, 5.41) is 0.494. The van der Waals surface area contributed by atoms with Crippen LogP contribution in [0.2, 0.25) is 0 Å². The fourth-order valence-electron chi connectivity index (χ4n) is 1.70. The lowest BCUT2D eigenvalue weighted by molar-refractivity contribution is 0.628. The average molecular weight is 261 g/mol. The first-order chi connectivity index (χ1) is 8.63. The van der Waals surface area contributed by atoms with E-state index in [4.69, 9.17) is 5.73 Å². The molecule has 2 heterocycles. The maximum Gasteiger partial charge on any atom is 0.261 e. The molecular formula is C12H8FN3OS. The number of rotatable bonds is 1. The molecule has 6 heteroatoms. The molecule has 0 aliphatic rings. The minimum atomic E-state index is -0.292. The predicted octanol–water partition coefficient (Wildman–Crippen LogP) is 2.37. The van der Waals surface area contributed by atoms with Crippen LogP contribution in [0.15, 0.2) is 35.1 Å². The van der Waals surface area contributed by atoms with Gasteiger partial charge < -0.3 is 5.73 Å². The second kappa shape index (κ2) is 3.92. The summed E-state index contributed by atoms with van der Waals surface area (Å²) in [4.78, 5) is 19.6. The van der Waals surface area contributed by atoms with E-state index in [1.54, 1.807) is 18.2 Å². The molecule has 0 unspecified atom stereocenters. The van der Waals surface area contributed by atoms with Gasteiger partial charge in [-0.25, -0.2) is 9.37 Å². The van der Waals surface area contributed by atoms with Crippen molar-refractivity contribution in [1.29, 1.82) is 0 Å². The number of benzene rings is 1. The summed E-state index contributed by atoms with van der Waals surface area (Å²) in [5.74, 6) is -0.194. The second-order valence-corrected chi connectivity index (χ2v) is 4.82. The molecule has 0 aliphatic heterocycles. The average Bonchev–Trinajstić information content (AvgIpc) is 2.74. The molecule has 0 spiro atoms. The highest BCUT2D eigenvalue weighted by atomic mass is 32.1. The Hall–Kier alpha value is -2.21. The summed E-state index contributed by atoms with van der Waals surface area (Å²) in [6.07, 6.45) is 0. The molecule has 0 fully saturated rings. The van der Waals surface area contributed by atoms with Gasteiger partial charge in [0.05, 0.1) is 5.39 Å². The van der Waals surface area contributed by atoms with Crippen molar-refractivity contribution in [3.63, 3.8) is 0 Å². The van der Waals surface area contributed by atoms with Crippen molar-refractivity contribution in [2.75, 3.05) is 5.73 Å². The number of H-pyrrole nitrogens is 1. The number of nitrogens with one attached hydrogen (secondary N) is 1. The zero-order chi connectivity index (χ0) is 12.7. The molecule has 0 saturated heterocycles. The number of nitrogens with zero attached hydrogens (tertiary/aromatic N) is 1. The highest BCUT2D eigenvalue weighted by molar-refractivity contribution is 7.21. The van der Waals surface area contributed by atoms with Crippen LogP contribution in [-0.4, -0.2) is 9.97 Å². The van der Waals surface area contributed by atoms with Crippen molar-refractivity contribution in [1.82, 2.24) is 9.97 Å². The Bertz CT molecular complexity index is 776. The largest absolute Gasteiger partial charge is 0.369 e. The number of halogens is 1. The van der Waals surface area contributed by atoms with Crippen LogP contribution >= 0.6 is 11.3 Å². The van der Waals surface area contributed by atoms with Crippen LogP contribution in [0.5, 0.6) is 0 Å². The van der Waals surface area contributed by atoms with Crippen LogP contribution in [0, 0.1) is 5.82 Å². The fourth-order valence-corrected chi connectivity index (χ4v) is 2.75. The molecule has 3 rings (SSSR count). The van der Waals surface area contributed by atoms with E-state index < -0.39 is 0 Å². The van der Waals surface area contributed by atoms with Gasteiger partial charge in [0.15, 0.2) is 0 Å². The van der Waals surface area contributed by atoms with Gasteiger partial charge in [0, 0.05) is 4.88 Å². The van der Waals surface area contributed by atoms with Crippen LogP contribution in [0.3, 0.4) is 0 Å². The highest BCUT2D eigenvalue weighted by Crippen LogP contribution is 2.30. The third kappa shape index (κ3) is 1.76. The first-order valence-corrected chi connectivity index (χ1v) is 6.00. The molecule has 4 nitrogen and oxygen atoms in total. The van der Waals surface area contributed by atoms with E-state index in [9.17, 15) is 9.18 Å². The van der Waals surface area contributed by atoms with Crippen molar-refractivity contribution in [2.45, 2.75) is 0 Å². The van der Waals surface area contributed by atoms with Crippen molar-refractivity contribution in [3.05, 3.63) is 46.5 Å². The Morgan fingerprint density at radius 1 is 1.28 bits per heavy atom. The van der Waals surface area contributed by atoms with Crippen molar-refractivity contribution in [3.8, 4) is 10.4 Å². The molecule has 3 aromatic rings. The monoisotopic (exact) mass is 261 g/mol. The molecule has 18 heavy (non-hydrogen) atoms. The van der Waals surface area contributed by atoms with Gasteiger partial charge >= 0.3 is 0 Å². The van der Waals surface area contributed by atoms with Gasteiger partial charge in [-0.2, -0.15) is 0 Å². The number of nitrogens with two attached hydrogens (primary N) is 1. The van der Waals surface area contributed by atoms with Crippen LogP contribution < -0.4 is 11.3 Å². The number of hydrogen-bond donors (Lipinski definition) is 2. The van der Waals surface area contributed by atoms with Gasteiger partial charge in [0.1, 0.15) is 10.6 Å². The number of anilines is 1. The number of aromatic nitrogens is 2. The maximum atomic E-state index is 12.8. The maximum absolute atomic E-state index is 12.8. The topological polar surface area (TPSA) is 71.8 Å². The van der Waals surface area contributed by atoms with Crippen LogP contribution in [0.25, 0.3) is 20.7 Å². The van der Waals surface area contributed by atoms with Crippen molar-refractivity contribution < 1.29 is 4.39 Å². The van der Waals surface area contributed by atoms with Gasteiger partial charge in [-0.15, -0.1) is 11.3 Å². The lowest BCUT2D eigenvalue weighted by Gasteiger charge is -1.95. The molecule has 0 atom stereocenters. The van der Waals surface area contributed by atoms with Crippen LogP contribution in [-0.2, 0) is 0 Å². The van der Waals surface area contributed by atoms with Gasteiger partial charge in [0.25, 0.3) is 5.56 Å². The van der Waals surface area contributed by atoms with E-state index in [0.717, 1.165) is 10.4 Å². The SMILES string of the molecule is Nc1nc2sc(-c3ccc(F)cc3)cc2c(=O)[nH]1. The Morgan fingerprint density at radius 3 is 2.72 bits per heavy atom. The molecule has 0 saturated carbocycles. The number of aromatic amines is 1. The summed E-state index contributed by atoms with van der Waals surface area (Å²) in [7, 11) is 0. The number of thiophene rings is 1. The summed E-state index contributed by atoms with van der Waals surface area (Å²) in [5.41, 5.74) is 6.07. The Labute approximate surface area is 105 Å². The van der Waals surface area contributed by atoms with E-state index in [1.165, 1.54) is 23.5 Å². The van der Waals surface area contributed by atoms with Crippen LogP contribution in [0.1, 0.15) is 0 Å². The fraction of sp³-hybridized carbons (Fsp3) is 0. The molecule has 90 valence electrons.